The summed E-state index contributed by atoms with van der Waals surface area (Å²) in [5.74, 6) is 1.66. The topological polar surface area (TPSA) is 18.5 Å². The van der Waals surface area contributed by atoms with Gasteiger partial charge in [-0.15, -0.1) is 0 Å². The lowest BCUT2D eigenvalue weighted by Crippen LogP contribution is -2.01. The SMILES string of the molecule is C/C=C(/C)O[B]O/C(C)=C\C. The molecule has 0 N–H and O–H groups in total. The molecule has 0 saturated carbocycles. The molecule has 0 aromatic rings. The first-order valence-corrected chi connectivity index (χ1v) is 3.61. The van der Waals surface area contributed by atoms with Crippen LogP contribution < -0.4 is 0 Å². The normalized spacial score (nSPS) is 12.7. The van der Waals surface area contributed by atoms with Gasteiger partial charge in [0.1, 0.15) is 0 Å². The minimum Gasteiger partial charge on any atom is -0.530 e. The molecule has 0 bridgehead atoms. The van der Waals surface area contributed by atoms with Crippen molar-refractivity contribution in [1.82, 2.24) is 0 Å². The molecule has 0 spiro atoms. The zero-order valence-corrected chi connectivity index (χ0v) is 7.55. The molecule has 0 unspecified atom stereocenters. The quantitative estimate of drug-likeness (QED) is 0.456. The Labute approximate surface area is 69.2 Å². The second-order valence-electron chi connectivity index (χ2n) is 2.13. The Bertz CT molecular complexity index is 143. The molecule has 0 aliphatic rings. The summed E-state index contributed by atoms with van der Waals surface area (Å²) in [4.78, 5) is 0. The van der Waals surface area contributed by atoms with Crippen LogP contribution in [0.1, 0.15) is 27.7 Å². The summed E-state index contributed by atoms with van der Waals surface area (Å²) in [5, 5.41) is 0. The maximum Gasteiger partial charge on any atom is 0.657 e. The molecule has 0 atom stereocenters. The Kier molecular flexibility index (Phi) is 5.44. The molecule has 0 amide bonds. The summed E-state index contributed by atoms with van der Waals surface area (Å²) in [6.07, 6.45) is 3.73. The highest BCUT2D eigenvalue weighted by Crippen LogP contribution is 1.97. The van der Waals surface area contributed by atoms with Crippen LogP contribution in [-0.2, 0) is 9.31 Å². The molecule has 61 valence electrons. The van der Waals surface area contributed by atoms with Crippen molar-refractivity contribution in [3.8, 4) is 0 Å². The van der Waals surface area contributed by atoms with E-state index in [2.05, 4.69) is 0 Å². The predicted octanol–water partition coefficient (Wildman–Crippen LogP) is 2.40. The van der Waals surface area contributed by atoms with Crippen LogP contribution in [0.15, 0.2) is 23.7 Å². The maximum absolute atomic E-state index is 5.04. The molecule has 0 heterocycles. The fourth-order valence-electron chi connectivity index (χ4n) is 0.312. The third kappa shape index (κ3) is 5.58. The number of rotatable bonds is 4. The molecule has 0 aromatic carbocycles. The number of hydrogen-bond donors (Lipinski definition) is 0. The van der Waals surface area contributed by atoms with Crippen molar-refractivity contribution >= 4 is 7.69 Å². The summed E-state index contributed by atoms with van der Waals surface area (Å²) in [5.41, 5.74) is 0. The average molecular weight is 153 g/mol. The van der Waals surface area contributed by atoms with E-state index in [0.717, 1.165) is 11.5 Å². The molecule has 3 heteroatoms. The minimum absolute atomic E-state index is 0.828. The molecule has 1 radical (unpaired) electrons. The van der Waals surface area contributed by atoms with Gasteiger partial charge in [-0.05, 0) is 27.7 Å². The van der Waals surface area contributed by atoms with Crippen LogP contribution in [0.5, 0.6) is 0 Å². The van der Waals surface area contributed by atoms with Crippen molar-refractivity contribution in [2.45, 2.75) is 27.7 Å². The van der Waals surface area contributed by atoms with Crippen molar-refractivity contribution in [3.05, 3.63) is 23.7 Å². The first-order valence-electron chi connectivity index (χ1n) is 3.61. The maximum atomic E-state index is 5.04. The Morgan fingerprint density at radius 3 is 1.64 bits per heavy atom. The minimum atomic E-state index is 0.828. The highest BCUT2D eigenvalue weighted by Gasteiger charge is 1.96. The summed E-state index contributed by atoms with van der Waals surface area (Å²) >= 11 is 0. The lowest BCUT2D eigenvalue weighted by Gasteiger charge is -2.04. The Morgan fingerprint density at radius 2 is 1.36 bits per heavy atom. The lowest BCUT2D eigenvalue weighted by molar-refractivity contribution is 0.325. The van der Waals surface area contributed by atoms with Crippen molar-refractivity contribution in [3.63, 3.8) is 0 Å². The van der Waals surface area contributed by atoms with Crippen LogP contribution in [0.25, 0.3) is 0 Å². The van der Waals surface area contributed by atoms with E-state index in [-0.39, 0.29) is 0 Å². The van der Waals surface area contributed by atoms with Gasteiger partial charge in [-0.1, -0.05) is 12.2 Å². The van der Waals surface area contributed by atoms with E-state index in [1.807, 2.05) is 39.8 Å². The van der Waals surface area contributed by atoms with Crippen LogP contribution in [0.3, 0.4) is 0 Å². The Morgan fingerprint density at radius 1 is 1.00 bits per heavy atom. The van der Waals surface area contributed by atoms with E-state index in [0.29, 0.717) is 0 Å². The molecule has 11 heavy (non-hydrogen) atoms. The average Bonchev–Trinajstić information content (AvgIpc) is 2.04. The fourth-order valence-corrected chi connectivity index (χ4v) is 0.312. The van der Waals surface area contributed by atoms with Crippen LogP contribution in [0, 0.1) is 0 Å². The lowest BCUT2D eigenvalue weighted by atomic mass is 10.3. The van der Waals surface area contributed by atoms with Gasteiger partial charge in [0.15, 0.2) is 0 Å². The third-order valence-electron chi connectivity index (χ3n) is 1.28. The second kappa shape index (κ2) is 5.89. The van der Waals surface area contributed by atoms with Crippen molar-refractivity contribution in [2.24, 2.45) is 0 Å². The zero-order valence-electron chi connectivity index (χ0n) is 7.55. The van der Waals surface area contributed by atoms with Crippen LogP contribution >= 0.6 is 0 Å². The van der Waals surface area contributed by atoms with E-state index >= 15 is 0 Å². The smallest absolute Gasteiger partial charge is 0.530 e. The van der Waals surface area contributed by atoms with E-state index in [4.69, 9.17) is 9.31 Å². The van der Waals surface area contributed by atoms with Gasteiger partial charge in [0.25, 0.3) is 0 Å². The third-order valence-corrected chi connectivity index (χ3v) is 1.28. The summed E-state index contributed by atoms with van der Waals surface area (Å²) in [6, 6.07) is 0. The fraction of sp³-hybridized carbons (Fsp3) is 0.500. The standard InChI is InChI=1S/C8H14BO2/c1-5-7(3)10-9-11-8(4)6-2/h5-6H,1-4H3/b7-5-,8-6-. The largest absolute Gasteiger partial charge is 0.657 e. The van der Waals surface area contributed by atoms with Gasteiger partial charge in [-0.3, -0.25) is 0 Å². The summed E-state index contributed by atoms with van der Waals surface area (Å²) in [7, 11) is 1.32. The first-order chi connectivity index (χ1) is 5.20. The highest BCUT2D eigenvalue weighted by molar-refractivity contribution is 6.19. The van der Waals surface area contributed by atoms with E-state index in [1.54, 1.807) is 0 Å². The molecule has 0 rings (SSSR count). The summed E-state index contributed by atoms with van der Waals surface area (Å²) < 4.78 is 10.1. The summed E-state index contributed by atoms with van der Waals surface area (Å²) in [6.45, 7) is 7.55. The predicted molar refractivity (Wildman–Crippen MR) is 46.8 cm³/mol. The van der Waals surface area contributed by atoms with Gasteiger partial charge >= 0.3 is 7.69 Å². The van der Waals surface area contributed by atoms with Gasteiger partial charge < -0.3 is 9.31 Å². The van der Waals surface area contributed by atoms with Gasteiger partial charge in [-0.2, -0.15) is 0 Å². The molecular formula is C8H14BO2. The molecule has 0 aliphatic heterocycles. The number of hydrogen-bond acceptors (Lipinski definition) is 2. The molecule has 0 fully saturated rings. The van der Waals surface area contributed by atoms with E-state index in [9.17, 15) is 0 Å². The second-order valence-corrected chi connectivity index (χ2v) is 2.13. The van der Waals surface area contributed by atoms with Gasteiger partial charge in [0.2, 0.25) is 0 Å². The van der Waals surface area contributed by atoms with Crippen LogP contribution in [0.4, 0.5) is 0 Å². The molecule has 0 saturated heterocycles. The molecule has 0 aliphatic carbocycles. The molecule has 0 aromatic heterocycles. The highest BCUT2D eigenvalue weighted by atomic mass is 16.6. The van der Waals surface area contributed by atoms with Gasteiger partial charge in [0, 0.05) is 0 Å². The molecular weight excluding hydrogens is 139 g/mol. The zero-order chi connectivity index (χ0) is 8.69. The Hall–Kier alpha value is -0.855. The Balaban J connectivity index is 3.43. The van der Waals surface area contributed by atoms with Crippen molar-refractivity contribution in [2.75, 3.05) is 0 Å². The van der Waals surface area contributed by atoms with E-state index < -0.39 is 0 Å². The van der Waals surface area contributed by atoms with E-state index in [1.165, 1.54) is 7.69 Å². The van der Waals surface area contributed by atoms with Gasteiger partial charge in [-0.25, -0.2) is 0 Å². The van der Waals surface area contributed by atoms with Gasteiger partial charge in [0.05, 0.1) is 11.5 Å². The van der Waals surface area contributed by atoms with Crippen molar-refractivity contribution in [1.29, 1.82) is 0 Å². The first kappa shape index (κ1) is 10.1. The van der Waals surface area contributed by atoms with Crippen LogP contribution in [-0.4, -0.2) is 7.69 Å². The van der Waals surface area contributed by atoms with Crippen molar-refractivity contribution < 1.29 is 9.31 Å². The van der Waals surface area contributed by atoms with Crippen LogP contribution in [0.2, 0.25) is 0 Å². The molecule has 2 nitrogen and oxygen atoms in total. The monoisotopic (exact) mass is 153 g/mol. The number of allylic oxidation sites excluding steroid dienone is 4.